The molecule has 0 radical (unpaired) electrons. The van der Waals surface area contributed by atoms with Gasteiger partial charge in [-0.25, -0.2) is 0 Å². The lowest BCUT2D eigenvalue weighted by Crippen LogP contribution is -2.50. The molecule has 31 heavy (non-hydrogen) atoms. The second kappa shape index (κ2) is 9.27. The average molecular weight is 436 g/mol. The van der Waals surface area contributed by atoms with Crippen molar-refractivity contribution in [1.82, 2.24) is 30.4 Å². The van der Waals surface area contributed by atoms with E-state index in [1.807, 2.05) is 0 Å². The largest absolute Gasteiger partial charge is 0.416 e. The van der Waals surface area contributed by atoms with Crippen LogP contribution in [0.4, 0.5) is 13.2 Å². The van der Waals surface area contributed by atoms with Gasteiger partial charge in [0.05, 0.1) is 12.1 Å². The zero-order valence-corrected chi connectivity index (χ0v) is 17.2. The molecule has 0 aliphatic carbocycles. The quantitative estimate of drug-likeness (QED) is 0.726. The first kappa shape index (κ1) is 22.4. The summed E-state index contributed by atoms with van der Waals surface area (Å²) in [7, 11) is 1.52. The average Bonchev–Trinajstić information content (AvgIpc) is 3.15. The van der Waals surface area contributed by atoms with E-state index in [0.717, 1.165) is 25.0 Å². The Kier molecular flexibility index (Phi) is 6.71. The molecule has 3 rings (SSSR count). The fourth-order valence-corrected chi connectivity index (χ4v) is 3.52. The van der Waals surface area contributed by atoms with Crippen LogP contribution in [0.1, 0.15) is 41.8 Å². The summed E-state index contributed by atoms with van der Waals surface area (Å²) in [5.41, 5.74) is -0.0962. The Morgan fingerprint density at radius 1 is 1.29 bits per heavy atom. The number of nitrogens with zero attached hydrogens (tertiary/aromatic N) is 5. The first-order chi connectivity index (χ1) is 14.7. The van der Waals surface area contributed by atoms with Crippen LogP contribution < -0.4 is 5.32 Å². The van der Waals surface area contributed by atoms with E-state index in [0.29, 0.717) is 24.4 Å². The topological polar surface area (TPSA) is 93.0 Å². The first-order valence-electron chi connectivity index (χ1n) is 9.84. The molecule has 1 aromatic heterocycles. The van der Waals surface area contributed by atoms with Crippen LogP contribution in [0.15, 0.2) is 24.3 Å². The van der Waals surface area contributed by atoms with Crippen LogP contribution in [-0.4, -0.2) is 56.6 Å². The van der Waals surface area contributed by atoms with Gasteiger partial charge in [-0.2, -0.15) is 18.0 Å². The van der Waals surface area contributed by atoms with Crippen molar-refractivity contribution in [2.45, 2.75) is 44.9 Å². The number of aryl methyl sites for hydroxylation is 1. The summed E-state index contributed by atoms with van der Waals surface area (Å²) < 4.78 is 39.6. The van der Waals surface area contributed by atoms with Gasteiger partial charge < -0.3 is 10.2 Å². The Hall–Kier alpha value is -3.24. The van der Waals surface area contributed by atoms with Crippen LogP contribution in [-0.2, 0) is 22.3 Å². The van der Waals surface area contributed by atoms with Gasteiger partial charge in [0.2, 0.25) is 11.8 Å². The molecule has 1 fully saturated rings. The monoisotopic (exact) mass is 436 g/mol. The molecular formula is C20H23F3N6O2. The molecule has 166 valence electrons. The van der Waals surface area contributed by atoms with E-state index in [1.54, 1.807) is 6.92 Å². The summed E-state index contributed by atoms with van der Waals surface area (Å²) in [5, 5.41) is 14.1. The van der Waals surface area contributed by atoms with Gasteiger partial charge in [-0.3, -0.25) is 9.59 Å². The van der Waals surface area contributed by atoms with Crippen LogP contribution in [0.5, 0.6) is 0 Å². The molecule has 1 aromatic carbocycles. The molecule has 1 aliphatic heterocycles. The van der Waals surface area contributed by atoms with Gasteiger partial charge in [-0.1, -0.05) is 6.07 Å². The number of tetrazole rings is 1. The highest BCUT2D eigenvalue weighted by Crippen LogP contribution is 2.31. The summed E-state index contributed by atoms with van der Waals surface area (Å²) in [4.78, 5) is 27.5. The molecule has 0 bridgehead atoms. The number of likely N-dealkylation sites (N-methyl/N-ethyl adjacent to an activating group) is 1. The lowest BCUT2D eigenvalue weighted by molar-refractivity contribution is -0.138. The molecule has 8 nitrogen and oxygen atoms in total. The minimum atomic E-state index is -4.51. The normalized spacial score (nSPS) is 17.2. The molecule has 2 amide bonds. The van der Waals surface area contributed by atoms with Gasteiger partial charge in [-0.15, -0.1) is 10.2 Å². The number of hydrogen-bond acceptors (Lipinski definition) is 5. The van der Waals surface area contributed by atoms with Gasteiger partial charge in [0.25, 0.3) is 0 Å². The zero-order chi connectivity index (χ0) is 22.6. The maximum atomic E-state index is 13.2. The molecule has 1 saturated heterocycles. The molecule has 0 unspecified atom stereocenters. The van der Waals surface area contributed by atoms with Crippen molar-refractivity contribution in [2.75, 3.05) is 13.6 Å². The highest BCUT2D eigenvalue weighted by molar-refractivity contribution is 5.95. The highest BCUT2D eigenvalue weighted by Gasteiger charge is 2.32. The third-order valence-electron chi connectivity index (χ3n) is 5.08. The van der Waals surface area contributed by atoms with Crippen molar-refractivity contribution in [3.8, 4) is 0 Å². The Morgan fingerprint density at radius 2 is 2.06 bits per heavy atom. The standard InChI is InChI=1S/C20H23F3N6O2/c1-13-25-27-29(26-13)12-15-11-16(20(21,22)23)8-6-14(15)7-9-18(30)28-10-4-3-5-17(28)19(31)24-2/h6-9,11,17H,3-5,10,12H2,1-2H3,(H,24,31)/b9-7+/t17-/m0/s1. The summed E-state index contributed by atoms with van der Waals surface area (Å²) in [6, 6.07) is 2.72. The fraction of sp³-hybridized carbons (Fsp3) is 0.450. The first-order valence-corrected chi connectivity index (χ1v) is 9.84. The lowest BCUT2D eigenvalue weighted by atomic mass is 10.0. The number of carbonyl (C=O) groups excluding carboxylic acids is 2. The van der Waals surface area contributed by atoms with Crippen molar-refractivity contribution in [3.05, 3.63) is 46.8 Å². The minimum Gasteiger partial charge on any atom is -0.357 e. The number of likely N-dealkylation sites (tertiary alicyclic amines) is 1. The summed E-state index contributed by atoms with van der Waals surface area (Å²) in [5.74, 6) is -0.206. The molecule has 11 heteroatoms. The van der Waals surface area contributed by atoms with Gasteiger partial charge in [-0.05, 0) is 60.7 Å². The number of amides is 2. The smallest absolute Gasteiger partial charge is 0.357 e. The molecule has 0 spiro atoms. The molecule has 2 aromatic rings. The van der Waals surface area contributed by atoms with Crippen LogP contribution in [0.25, 0.3) is 6.08 Å². The van der Waals surface area contributed by atoms with E-state index in [9.17, 15) is 22.8 Å². The molecule has 1 N–H and O–H groups in total. The fourth-order valence-electron chi connectivity index (χ4n) is 3.52. The van der Waals surface area contributed by atoms with Gasteiger partial charge in [0.15, 0.2) is 5.82 Å². The number of halogens is 3. The summed E-state index contributed by atoms with van der Waals surface area (Å²) in [6.45, 7) is 2.03. The number of hydrogen-bond donors (Lipinski definition) is 1. The molecule has 0 saturated carbocycles. The Bertz CT molecular complexity index is 986. The highest BCUT2D eigenvalue weighted by atomic mass is 19.4. The lowest BCUT2D eigenvalue weighted by Gasteiger charge is -2.33. The molecule has 1 atom stereocenters. The second-order valence-electron chi connectivity index (χ2n) is 7.27. The van der Waals surface area contributed by atoms with E-state index in [2.05, 4.69) is 20.7 Å². The zero-order valence-electron chi connectivity index (χ0n) is 17.2. The third-order valence-corrected chi connectivity index (χ3v) is 5.08. The Morgan fingerprint density at radius 3 is 2.71 bits per heavy atom. The van der Waals surface area contributed by atoms with Crippen LogP contribution in [0.2, 0.25) is 0 Å². The second-order valence-corrected chi connectivity index (χ2v) is 7.27. The number of carbonyl (C=O) groups is 2. The van der Waals surface area contributed by atoms with E-state index >= 15 is 0 Å². The predicted octanol–water partition coefficient (Wildman–Crippen LogP) is 2.19. The Balaban J connectivity index is 1.87. The molecule has 2 heterocycles. The van der Waals surface area contributed by atoms with Gasteiger partial charge in [0.1, 0.15) is 6.04 Å². The molecular weight excluding hydrogens is 413 g/mol. The number of nitrogens with one attached hydrogen (secondary N) is 1. The number of rotatable bonds is 5. The van der Waals surface area contributed by atoms with Crippen molar-refractivity contribution < 1.29 is 22.8 Å². The van der Waals surface area contributed by atoms with Gasteiger partial charge in [0, 0.05) is 19.7 Å². The number of aromatic nitrogens is 4. The van der Waals surface area contributed by atoms with Gasteiger partial charge >= 0.3 is 6.18 Å². The maximum absolute atomic E-state index is 13.2. The predicted molar refractivity (Wildman–Crippen MR) is 106 cm³/mol. The number of benzene rings is 1. The van der Waals surface area contributed by atoms with Crippen LogP contribution in [0.3, 0.4) is 0 Å². The summed E-state index contributed by atoms with van der Waals surface area (Å²) in [6.07, 6.45) is 0.439. The van der Waals surface area contributed by atoms with Crippen molar-refractivity contribution >= 4 is 17.9 Å². The summed E-state index contributed by atoms with van der Waals surface area (Å²) >= 11 is 0. The van der Waals surface area contributed by atoms with E-state index in [-0.39, 0.29) is 23.9 Å². The van der Waals surface area contributed by atoms with Crippen molar-refractivity contribution in [3.63, 3.8) is 0 Å². The van der Waals surface area contributed by atoms with Crippen LogP contribution in [0, 0.1) is 6.92 Å². The van der Waals surface area contributed by atoms with Crippen molar-refractivity contribution in [2.24, 2.45) is 0 Å². The van der Waals surface area contributed by atoms with E-state index < -0.39 is 17.8 Å². The minimum absolute atomic E-state index is 0.0385. The third kappa shape index (κ3) is 5.47. The number of alkyl halides is 3. The Labute approximate surface area is 177 Å². The van der Waals surface area contributed by atoms with Crippen molar-refractivity contribution in [1.29, 1.82) is 0 Å². The van der Waals surface area contributed by atoms with E-state index in [1.165, 1.54) is 35.0 Å². The number of piperidine rings is 1. The molecule has 1 aliphatic rings. The van der Waals surface area contributed by atoms with Crippen LogP contribution >= 0.6 is 0 Å². The van der Waals surface area contributed by atoms with E-state index in [4.69, 9.17) is 0 Å². The maximum Gasteiger partial charge on any atom is 0.416 e. The SMILES string of the molecule is CNC(=O)[C@@H]1CCCCN1C(=O)/C=C/c1ccc(C(F)(F)F)cc1Cn1nnc(C)n1.